The Morgan fingerprint density at radius 3 is 2.60 bits per heavy atom. The Hall–Kier alpha value is -1.62. The lowest BCUT2D eigenvalue weighted by Gasteiger charge is -2.27. The number of carbonyl (C=O) groups is 1. The zero-order chi connectivity index (χ0) is 14.5. The molecular weight excluding hydrogens is 280 g/mol. The molecule has 0 radical (unpaired) electrons. The molecule has 108 valence electrons. The fraction of sp³-hybridized carbons (Fsp3) is 0.500. The van der Waals surface area contributed by atoms with Crippen molar-refractivity contribution in [3.8, 4) is 0 Å². The molecule has 1 N–H and O–H groups in total. The van der Waals surface area contributed by atoms with Crippen LogP contribution < -0.4 is 0 Å². The SMILES string of the molecule is COC(=O)C1CCC(/C(=N/O)c2cccnc2Cl)CC1. The third kappa shape index (κ3) is 3.10. The monoisotopic (exact) mass is 296 g/mol. The molecule has 0 unspecified atom stereocenters. The number of rotatable bonds is 3. The van der Waals surface area contributed by atoms with E-state index in [1.807, 2.05) is 0 Å². The van der Waals surface area contributed by atoms with Crippen LogP contribution in [0.3, 0.4) is 0 Å². The van der Waals surface area contributed by atoms with Gasteiger partial charge >= 0.3 is 5.97 Å². The van der Waals surface area contributed by atoms with Gasteiger partial charge in [0.15, 0.2) is 0 Å². The Morgan fingerprint density at radius 1 is 1.40 bits per heavy atom. The maximum Gasteiger partial charge on any atom is 0.308 e. The predicted molar refractivity (Wildman–Crippen MR) is 75.0 cm³/mol. The molecule has 20 heavy (non-hydrogen) atoms. The molecule has 5 nitrogen and oxygen atoms in total. The van der Waals surface area contributed by atoms with E-state index in [4.69, 9.17) is 16.3 Å². The lowest BCUT2D eigenvalue weighted by atomic mass is 9.78. The van der Waals surface area contributed by atoms with Crippen molar-refractivity contribution >= 4 is 23.3 Å². The number of aromatic nitrogens is 1. The zero-order valence-electron chi connectivity index (χ0n) is 11.3. The number of pyridine rings is 1. The minimum atomic E-state index is -0.162. The molecule has 0 saturated heterocycles. The van der Waals surface area contributed by atoms with Crippen molar-refractivity contribution in [3.63, 3.8) is 0 Å². The van der Waals surface area contributed by atoms with E-state index in [2.05, 4.69) is 10.1 Å². The molecular formula is C14H17ClN2O3. The highest BCUT2D eigenvalue weighted by molar-refractivity contribution is 6.33. The Labute approximate surface area is 122 Å². The Balaban J connectivity index is 2.09. The fourth-order valence-corrected chi connectivity index (χ4v) is 2.92. The molecule has 1 heterocycles. The molecule has 0 amide bonds. The van der Waals surface area contributed by atoms with Crippen molar-refractivity contribution < 1.29 is 14.7 Å². The average molecular weight is 297 g/mol. The highest BCUT2D eigenvalue weighted by Gasteiger charge is 2.30. The van der Waals surface area contributed by atoms with Gasteiger partial charge in [0.1, 0.15) is 5.15 Å². The van der Waals surface area contributed by atoms with E-state index < -0.39 is 0 Å². The predicted octanol–water partition coefficient (Wildman–Crippen LogP) is 2.89. The Morgan fingerprint density at radius 2 is 2.05 bits per heavy atom. The number of ether oxygens (including phenoxy) is 1. The number of oxime groups is 1. The smallest absolute Gasteiger partial charge is 0.308 e. The lowest BCUT2D eigenvalue weighted by molar-refractivity contribution is -0.146. The first-order valence-electron chi connectivity index (χ1n) is 6.58. The van der Waals surface area contributed by atoms with Crippen LogP contribution in [-0.2, 0) is 9.53 Å². The molecule has 1 aromatic heterocycles. The molecule has 1 fully saturated rings. The van der Waals surface area contributed by atoms with Gasteiger partial charge in [-0.15, -0.1) is 0 Å². The first kappa shape index (κ1) is 14.8. The lowest BCUT2D eigenvalue weighted by Crippen LogP contribution is -2.27. The molecule has 1 saturated carbocycles. The number of carbonyl (C=O) groups excluding carboxylic acids is 1. The number of hydrogen-bond donors (Lipinski definition) is 1. The summed E-state index contributed by atoms with van der Waals surface area (Å²) in [5.74, 6) is -0.131. The van der Waals surface area contributed by atoms with Crippen LogP contribution in [0.4, 0.5) is 0 Å². The standard InChI is InChI=1S/C14H17ClN2O3/c1-20-14(18)10-6-4-9(5-7-10)12(17-19)11-3-2-8-16-13(11)15/h2-3,8-10,19H,4-7H2,1H3/b17-12-. The summed E-state index contributed by atoms with van der Waals surface area (Å²) in [4.78, 5) is 15.5. The van der Waals surface area contributed by atoms with Gasteiger partial charge in [-0.1, -0.05) is 16.8 Å². The largest absolute Gasteiger partial charge is 0.469 e. The molecule has 0 bridgehead atoms. The van der Waals surface area contributed by atoms with Gasteiger partial charge < -0.3 is 9.94 Å². The van der Waals surface area contributed by atoms with Crippen molar-refractivity contribution in [2.45, 2.75) is 25.7 Å². The summed E-state index contributed by atoms with van der Waals surface area (Å²) in [6.07, 6.45) is 4.59. The molecule has 2 rings (SSSR count). The topological polar surface area (TPSA) is 71.8 Å². The van der Waals surface area contributed by atoms with E-state index in [1.54, 1.807) is 18.3 Å². The van der Waals surface area contributed by atoms with Crippen molar-refractivity contribution in [1.82, 2.24) is 4.98 Å². The van der Waals surface area contributed by atoms with Gasteiger partial charge in [-0.05, 0) is 37.8 Å². The molecule has 1 aromatic rings. The van der Waals surface area contributed by atoms with E-state index in [9.17, 15) is 10.0 Å². The Bertz CT molecular complexity index is 511. The van der Waals surface area contributed by atoms with Crippen molar-refractivity contribution in [2.75, 3.05) is 7.11 Å². The zero-order valence-corrected chi connectivity index (χ0v) is 12.0. The van der Waals surface area contributed by atoms with Gasteiger partial charge in [0.05, 0.1) is 18.7 Å². The number of halogens is 1. The van der Waals surface area contributed by atoms with Crippen LogP contribution in [0.2, 0.25) is 5.15 Å². The summed E-state index contributed by atoms with van der Waals surface area (Å²) >= 11 is 6.04. The molecule has 0 spiro atoms. The van der Waals surface area contributed by atoms with Crippen LogP contribution in [-0.4, -0.2) is 29.0 Å². The molecule has 1 aliphatic rings. The van der Waals surface area contributed by atoms with Crippen LogP contribution in [0.1, 0.15) is 31.2 Å². The van der Waals surface area contributed by atoms with Gasteiger partial charge in [0.25, 0.3) is 0 Å². The molecule has 0 aromatic carbocycles. The molecule has 1 aliphatic carbocycles. The number of nitrogens with zero attached hydrogens (tertiary/aromatic N) is 2. The summed E-state index contributed by atoms with van der Waals surface area (Å²) < 4.78 is 4.77. The fourth-order valence-electron chi connectivity index (χ4n) is 2.70. The second kappa shape index (κ2) is 6.70. The van der Waals surface area contributed by atoms with Crippen LogP contribution in [0.5, 0.6) is 0 Å². The summed E-state index contributed by atoms with van der Waals surface area (Å²) in [5.41, 5.74) is 1.20. The number of hydrogen-bond acceptors (Lipinski definition) is 5. The maximum atomic E-state index is 11.5. The van der Waals surface area contributed by atoms with Crippen molar-refractivity contribution in [1.29, 1.82) is 0 Å². The highest BCUT2D eigenvalue weighted by Crippen LogP contribution is 2.33. The third-order valence-electron chi connectivity index (χ3n) is 3.79. The van der Waals surface area contributed by atoms with Crippen LogP contribution in [0.25, 0.3) is 0 Å². The number of esters is 1. The highest BCUT2D eigenvalue weighted by atomic mass is 35.5. The van der Waals surface area contributed by atoms with Gasteiger partial charge in [0.2, 0.25) is 0 Å². The van der Waals surface area contributed by atoms with E-state index in [0.717, 1.165) is 25.7 Å². The quantitative estimate of drug-likeness (QED) is 0.306. The van der Waals surface area contributed by atoms with E-state index in [-0.39, 0.29) is 17.8 Å². The molecule has 0 atom stereocenters. The summed E-state index contributed by atoms with van der Waals surface area (Å²) in [5, 5.41) is 13.0. The number of methoxy groups -OCH3 is 1. The van der Waals surface area contributed by atoms with Gasteiger partial charge in [-0.25, -0.2) is 4.98 Å². The van der Waals surface area contributed by atoms with Gasteiger partial charge in [-0.2, -0.15) is 0 Å². The second-order valence-corrected chi connectivity index (χ2v) is 5.26. The van der Waals surface area contributed by atoms with Gasteiger partial charge in [-0.3, -0.25) is 4.79 Å². The minimum absolute atomic E-state index is 0.0550. The summed E-state index contributed by atoms with van der Waals surface area (Å²) in [6.45, 7) is 0. The molecule has 6 heteroatoms. The van der Waals surface area contributed by atoms with Crippen LogP contribution >= 0.6 is 11.6 Å². The van der Waals surface area contributed by atoms with Crippen molar-refractivity contribution in [2.24, 2.45) is 17.0 Å². The van der Waals surface area contributed by atoms with Crippen molar-refractivity contribution in [3.05, 3.63) is 29.0 Å². The van der Waals surface area contributed by atoms with Crippen LogP contribution in [0.15, 0.2) is 23.5 Å². The first-order chi connectivity index (χ1) is 9.67. The second-order valence-electron chi connectivity index (χ2n) is 4.90. The molecule has 0 aliphatic heterocycles. The third-order valence-corrected chi connectivity index (χ3v) is 4.09. The van der Waals surface area contributed by atoms with Gasteiger partial charge in [0, 0.05) is 17.7 Å². The summed E-state index contributed by atoms with van der Waals surface area (Å²) in [6, 6.07) is 3.54. The van der Waals surface area contributed by atoms with E-state index in [1.165, 1.54) is 7.11 Å². The normalized spacial score (nSPS) is 23.4. The van der Waals surface area contributed by atoms with E-state index in [0.29, 0.717) is 16.4 Å². The summed E-state index contributed by atoms with van der Waals surface area (Å²) in [7, 11) is 1.41. The first-order valence-corrected chi connectivity index (χ1v) is 6.95. The Kier molecular flexibility index (Phi) is 4.95. The maximum absolute atomic E-state index is 11.5. The average Bonchev–Trinajstić information content (AvgIpc) is 2.50. The van der Waals surface area contributed by atoms with E-state index >= 15 is 0 Å². The van der Waals surface area contributed by atoms with Crippen LogP contribution in [0, 0.1) is 11.8 Å². The minimum Gasteiger partial charge on any atom is -0.469 e.